The van der Waals surface area contributed by atoms with Crippen LogP contribution < -0.4 is 5.32 Å². The Morgan fingerprint density at radius 3 is 2.78 bits per heavy atom. The fourth-order valence-electron chi connectivity index (χ4n) is 2.00. The largest absolute Gasteiger partial charge is 0.378 e. The van der Waals surface area contributed by atoms with Gasteiger partial charge in [0.15, 0.2) is 5.82 Å². The molecule has 5 nitrogen and oxygen atoms in total. The van der Waals surface area contributed by atoms with Crippen LogP contribution in [-0.4, -0.2) is 30.7 Å². The van der Waals surface area contributed by atoms with Crippen molar-refractivity contribution < 1.29 is 9.47 Å². The zero-order chi connectivity index (χ0) is 13.0. The number of ether oxygens (including phenoxy) is 2. The van der Waals surface area contributed by atoms with Gasteiger partial charge in [0, 0.05) is 26.8 Å². The van der Waals surface area contributed by atoms with Crippen LogP contribution in [0.1, 0.15) is 37.4 Å². The van der Waals surface area contributed by atoms with Crippen molar-refractivity contribution in [3.63, 3.8) is 0 Å². The maximum Gasteiger partial charge on any atom is 0.160 e. The van der Waals surface area contributed by atoms with Crippen LogP contribution in [0.5, 0.6) is 0 Å². The van der Waals surface area contributed by atoms with Gasteiger partial charge in [-0.3, -0.25) is 0 Å². The van der Waals surface area contributed by atoms with Crippen molar-refractivity contribution in [2.45, 2.75) is 32.5 Å². The molecule has 5 heteroatoms. The highest BCUT2D eigenvalue weighted by Crippen LogP contribution is 2.42. The Hall–Kier alpha value is -1.20. The number of nitrogens with one attached hydrogen (secondary N) is 1. The molecule has 1 aliphatic carbocycles. The Bertz CT molecular complexity index is 394. The molecule has 1 unspecified atom stereocenters. The fraction of sp³-hybridized carbons (Fsp3) is 0.692. The number of hydrogen-bond acceptors (Lipinski definition) is 5. The van der Waals surface area contributed by atoms with Crippen molar-refractivity contribution in [2.75, 3.05) is 26.1 Å². The summed E-state index contributed by atoms with van der Waals surface area (Å²) in [5.41, 5.74) is 0.886. The van der Waals surface area contributed by atoms with Gasteiger partial charge in [-0.25, -0.2) is 9.97 Å². The third kappa shape index (κ3) is 3.17. The van der Waals surface area contributed by atoms with Gasteiger partial charge in [0.2, 0.25) is 0 Å². The van der Waals surface area contributed by atoms with Crippen LogP contribution in [0.25, 0.3) is 0 Å². The molecule has 0 aromatic carbocycles. The van der Waals surface area contributed by atoms with Gasteiger partial charge >= 0.3 is 0 Å². The van der Waals surface area contributed by atoms with E-state index in [1.54, 1.807) is 7.11 Å². The Balaban J connectivity index is 2.25. The molecule has 0 amide bonds. The Kier molecular flexibility index (Phi) is 4.49. The molecule has 0 saturated heterocycles. The summed E-state index contributed by atoms with van der Waals surface area (Å²) in [6.07, 6.45) is 2.44. The van der Waals surface area contributed by atoms with E-state index in [1.165, 1.54) is 12.8 Å². The molecule has 0 aliphatic heterocycles. The van der Waals surface area contributed by atoms with E-state index in [2.05, 4.69) is 15.3 Å². The summed E-state index contributed by atoms with van der Waals surface area (Å²) in [7, 11) is 3.53. The quantitative estimate of drug-likeness (QED) is 0.804. The van der Waals surface area contributed by atoms with Gasteiger partial charge in [0.05, 0.1) is 12.3 Å². The average molecular weight is 251 g/mol. The second-order valence-electron chi connectivity index (χ2n) is 4.50. The van der Waals surface area contributed by atoms with E-state index in [4.69, 9.17) is 9.47 Å². The number of methoxy groups -OCH3 is 1. The first-order valence-corrected chi connectivity index (χ1v) is 6.44. The smallest absolute Gasteiger partial charge is 0.160 e. The summed E-state index contributed by atoms with van der Waals surface area (Å²) in [6.45, 7) is 3.19. The molecule has 18 heavy (non-hydrogen) atoms. The summed E-state index contributed by atoms with van der Waals surface area (Å²) < 4.78 is 10.9. The summed E-state index contributed by atoms with van der Waals surface area (Å²) in [5.74, 6) is 2.17. The minimum atomic E-state index is 0.0268. The molecule has 1 fully saturated rings. The Morgan fingerprint density at radius 2 is 2.22 bits per heavy atom. The van der Waals surface area contributed by atoms with Crippen LogP contribution >= 0.6 is 0 Å². The lowest BCUT2D eigenvalue weighted by Gasteiger charge is -2.16. The number of nitrogens with zero attached hydrogens (tertiary/aromatic N) is 2. The lowest BCUT2D eigenvalue weighted by molar-refractivity contribution is 0.0396. The summed E-state index contributed by atoms with van der Waals surface area (Å²) in [4.78, 5) is 9.06. The van der Waals surface area contributed by atoms with Gasteiger partial charge in [-0.2, -0.15) is 0 Å². The minimum Gasteiger partial charge on any atom is -0.378 e. The molecule has 1 aromatic rings. The Labute approximate surface area is 108 Å². The lowest BCUT2D eigenvalue weighted by Crippen LogP contribution is -2.13. The van der Waals surface area contributed by atoms with Gasteiger partial charge in [-0.05, 0) is 25.7 Å². The van der Waals surface area contributed by atoms with Gasteiger partial charge in [-0.15, -0.1) is 0 Å². The Morgan fingerprint density at radius 1 is 1.44 bits per heavy atom. The molecular formula is C13H21N3O2. The van der Waals surface area contributed by atoms with Crippen molar-refractivity contribution in [2.24, 2.45) is 5.92 Å². The molecular weight excluding hydrogens is 230 g/mol. The van der Waals surface area contributed by atoms with E-state index in [9.17, 15) is 0 Å². The number of rotatable bonds is 7. The van der Waals surface area contributed by atoms with Crippen LogP contribution in [0.2, 0.25) is 0 Å². The first kappa shape index (κ1) is 13.2. The van der Waals surface area contributed by atoms with Crippen molar-refractivity contribution in [1.29, 1.82) is 0 Å². The van der Waals surface area contributed by atoms with Gasteiger partial charge in [0.25, 0.3) is 0 Å². The third-order valence-corrected chi connectivity index (χ3v) is 3.00. The van der Waals surface area contributed by atoms with E-state index in [1.807, 2.05) is 20.0 Å². The molecule has 1 atom stereocenters. The van der Waals surface area contributed by atoms with E-state index in [0.717, 1.165) is 17.3 Å². The van der Waals surface area contributed by atoms with Crippen LogP contribution in [0.3, 0.4) is 0 Å². The monoisotopic (exact) mass is 251 g/mol. The molecule has 1 saturated carbocycles. The van der Waals surface area contributed by atoms with E-state index >= 15 is 0 Å². The molecule has 1 aromatic heterocycles. The van der Waals surface area contributed by atoms with E-state index < -0.39 is 0 Å². The summed E-state index contributed by atoms with van der Waals surface area (Å²) in [5, 5.41) is 3.06. The van der Waals surface area contributed by atoms with Gasteiger partial charge < -0.3 is 14.8 Å². The van der Waals surface area contributed by atoms with Crippen LogP contribution in [0.4, 0.5) is 5.82 Å². The predicted octanol–water partition coefficient (Wildman–Crippen LogP) is 2.15. The SMILES string of the molecule is CCOC(c1nc(COC)cc(NC)n1)C1CC1. The summed E-state index contributed by atoms with van der Waals surface area (Å²) >= 11 is 0. The predicted molar refractivity (Wildman–Crippen MR) is 69.4 cm³/mol. The van der Waals surface area contributed by atoms with Gasteiger partial charge in [0.1, 0.15) is 11.9 Å². The molecule has 1 heterocycles. The second kappa shape index (κ2) is 6.11. The minimum absolute atomic E-state index is 0.0268. The maximum absolute atomic E-state index is 5.79. The van der Waals surface area contributed by atoms with Crippen LogP contribution in [0, 0.1) is 5.92 Å². The first-order valence-electron chi connectivity index (χ1n) is 6.44. The number of hydrogen-bond donors (Lipinski definition) is 1. The third-order valence-electron chi connectivity index (χ3n) is 3.00. The average Bonchev–Trinajstić information content (AvgIpc) is 3.20. The van der Waals surface area contributed by atoms with Gasteiger partial charge in [-0.1, -0.05) is 0 Å². The standard InChI is InChI=1S/C13H21N3O2/c1-4-18-12(9-5-6-9)13-15-10(8-17-3)7-11(14-2)16-13/h7,9,12H,4-6,8H2,1-3H3,(H,14,15,16). The molecule has 0 radical (unpaired) electrons. The molecule has 0 spiro atoms. The summed E-state index contributed by atoms with van der Waals surface area (Å²) in [6, 6.07) is 1.91. The topological polar surface area (TPSA) is 56.3 Å². The molecule has 100 valence electrons. The zero-order valence-corrected chi connectivity index (χ0v) is 11.3. The highest BCUT2D eigenvalue weighted by atomic mass is 16.5. The lowest BCUT2D eigenvalue weighted by atomic mass is 10.2. The fourth-order valence-corrected chi connectivity index (χ4v) is 2.00. The molecule has 1 N–H and O–H groups in total. The van der Waals surface area contributed by atoms with E-state index in [0.29, 0.717) is 19.1 Å². The number of anilines is 1. The van der Waals surface area contributed by atoms with Crippen molar-refractivity contribution >= 4 is 5.82 Å². The molecule has 2 rings (SSSR count). The first-order chi connectivity index (χ1) is 8.78. The van der Waals surface area contributed by atoms with Crippen molar-refractivity contribution in [1.82, 2.24) is 9.97 Å². The molecule has 0 bridgehead atoms. The number of aromatic nitrogens is 2. The van der Waals surface area contributed by atoms with E-state index in [-0.39, 0.29) is 6.10 Å². The second-order valence-corrected chi connectivity index (χ2v) is 4.50. The highest BCUT2D eigenvalue weighted by Gasteiger charge is 2.35. The highest BCUT2D eigenvalue weighted by molar-refractivity contribution is 5.35. The van der Waals surface area contributed by atoms with Crippen LogP contribution in [0.15, 0.2) is 6.07 Å². The normalized spacial score (nSPS) is 16.6. The van der Waals surface area contributed by atoms with Crippen molar-refractivity contribution in [3.8, 4) is 0 Å². The zero-order valence-electron chi connectivity index (χ0n) is 11.3. The molecule has 1 aliphatic rings. The van der Waals surface area contributed by atoms with Crippen molar-refractivity contribution in [3.05, 3.63) is 17.6 Å². The van der Waals surface area contributed by atoms with Crippen LogP contribution in [-0.2, 0) is 16.1 Å². The maximum atomic E-state index is 5.79.